The molecule has 146 valence electrons. The highest BCUT2D eigenvalue weighted by molar-refractivity contribution is 5.97. The van der Waals surface area contributed by atoms with Crippen LogP contribution >= 0.6 is 0 Å². The molecule has 0 N–H and O–H groups in total. The second-order valence-corrected chi connectivity index (χ2v) is 6.54. The summed E-state index contributed by atoms with van der Waals surface area (Å²) >= 11 is 0. The van der Waals surface area contributed by atoms with Crippen molar-refractivity contribution < 1.29 is 19.1 Å². The van der Waals surface area contributed by atoms with Gasteiger partial charge in [-0.1, -0.05) is 18.2 Å². The Kier molecular flexibility index (Phi) is 6.26. The summed E-state index contributed by atoms with van der Waals surface area (Å²) in [6.45, 7) is 3.39. The number of carbonyl (C=O) groups is 3. The smallest absolute Gasteiger partial charge is 0.242 e. The van der Waals surface area contributed by atoms with Crippen LogP contribution in [0.3, 0.4) is 0 Å². The van der Waals surface area contributed by atoms with Gasteiger partial charge in [0.2, 0.25) is 18.2 Å². The molecule has 2 aromatic rings. The molecule has 1 saturated heterocycles. The van der Waals surface area contributed by atoms with E-state index >= 15 is 0 Å². The Labute approximate surface area is 164 Å². The molecule has 28 heavy (non-hydrogen) atoms. The Morgan fingerprint density at radius 3 is 2.14 bits per heavy atom. The van der Waals surface area contributed by atoms with Crippen LogP contribution in [0, 0.1) is 0 Å². The minimum Gasteiger partial charge on any atom is -0.457 e. The van der Waals surface area contributed by atoms with Gasteiger partial charge in [0, 0.05) is 38.8 Å². The Bertz CT molecular complexity index is 815. The van der Waals surface area contributed by atoms with E-state index in [-0.39, 0.29) is 18.4 Å². The standard InChI is InChI=1S/C21H23N3O4/c1-17(26)24(15-21(27)23-13-11-22(16-25)12-14-23)18-7-9-20(10-8-18)28-19-5-3-2-4-6-19/h2-10,16H,11-15H2,1H3. The summed E-state index contributed by atoms with van der Waals surface area (Å²) in [5.74, 6) is 1.03. The average molecular weight is 381 g/mol. The Morgan fingerprint density at radius 2 is 1.57 bits per heavy atom. The highest BCUT2D eigenvalue weighted by atomic mass is 16.5. The van der Waals surface area contributed by atoms with Crippen molar-refractivity contribution in [3.8, 4) is 11.5 Å². The van der Waals surface area contributed by atoms with Crippen molar-refractivity contribution in [1.82, 2.24) is 9.80 Å². The number of ether oxygens (including phenoxy) is 1. The second kappa shape index (κ2) is 9.03. The first-order valence-corrected chi connectivity index (χ1v) is 9.15. The number of hydrogen-bond donors (Lipinski definition) is 0. The number of piperazine rings is 1. The average Bonchev–Trinajstić information content (AvgIpc) is 2.73. The molecule has 7 heteroatoms. The van der Waals surface area contributed by atoms with Crippen molar-refractivity contribution in [1.29, 1.82) is 0 Å². The van der Waals surface area contributed by atoms with Crippen LogP contribution in [0.4, 0.5) is 5.69 Å². The molecule has 0 unspecified atom stereocenters. The van der Waals surface area contributed by atoms with E-state index < -0.39 is 0 Å². The second-order valence-electron chi connectivity index (χ2n) is 6.54. The van der Waals surface area contributed by atoms with Crippen LogP contribution in [-0.4, -0.2) is 60.7 Å². The Morgan fingerprint density at radius 1 is 0.964 bits per heavy atom. The Hall–Kier alpha value is -3.35. The third-order valence-electron chi connectivity index (χ3n) is 4.62. The third kappa shape index (κ3) is 4.88. The maximum absolute atomic E-state index is 12.6. The van der Waals surface area contributed by atoms with Gasteiger partial charge in [-0.15, -0.1) is 0 Å². The summed E-state index contributed by atoms with van der Waals surface area (Å²) in [6.07, 6.45) is 0.794. The predicted octanol–water partition coefficient (Wildman–Crippen LogP) is 2.13. The van der Waals surface area contributed by atoms with Crippen molar-refractivity contribution in [2.24, 2.45) is 0 Å². The largest absolute Gasteiger partial charge is 0.457 e. The van der Waals surface area contributed by atoms with E-state index in [0.29, 0.717) is 37.6 Å². The molecule has 0 atom stereocenters. The summed E-state index contributed by atoms with van der Waals surface area (Å²) in [5, 5.41) is 0. The maximum Gasteiger partial charge on any atom is 0.242 e. The van der Waals surface area contributed by atoms with E-state index in [9.17, 15) is 14.4 Å². The summed E-state index contributed by atoms with van der Waals surface area (Å²) in [7, 11) is 0. The highest BCUT2D eigenvalue weighted by Crippen LogP contribution is 2.24. The van der Waals surface area contributed by atoms with Gasteiger partial charge in [0.1, 0.15) is 18.0 Å². The van der Waals surface area contributed by atoms with Gasteiger partial charge < -0.3 is 19.4 Å². The summed E-state index contributed by atoms with van der Waals surface area (Å²) in [4.78, 5) is 40.3. The number of benzene rings is 2. The van der Waals surface area contributed by atoms with Gasteiger partial charge in [0.05, 0.1) is 0 Å². The number of rotatable bonds is 6. The van der Waals surface area contributed by atoms with Crippen molar-refractivity contribution in [3.63, 3.8) is 0 Å². The minimum absolute atomic E-state index is 0.0324. The minimum atomic E-state index is -0.211. The fraction of sp³-hybridized carbons (Fsp3) is 0.286. The van der Waals surface area contributed by atoms with E-state index in [1.807, 2.05) is 30.3 Å². The van der Waals surface area contributed by atoms with Crippen LogP contribution in [-0.2, 0) is 14.4 Å². The van der Waals surface area contributed by atoms with Crippen molar-refractivity contribution >= 4 is 23.9 Å². The van der Waals surface area contributed by atoms with Crippen molar-refractivity contribution in [3.05, 3.63) is 54.6 Å². The summed E-state index contributed by atoms with van der Waals surface area (Å²) in [5.41, 5.74) is 0.632. The van der Waals surface area contributed by atoms with E-state index in [1.54, 1.807) is 34.1 Å². The molecule has 0 spiro atoms. The van der Waals surface area contributed by atoms with E-state index in [2.05, 4.69) is 0 Å². The van der Waals surface area contributed by atoms with E-state index in [0.717, 1.165) is 12.2 Å². The topological polar surface area (TPSA) is 70.2 Å². The lowest BCUT2D eigenvalue weighted by molar-refractivity contribution is -0.134. The molecule has 1 aliphatic heterocycles. The van der Waals surface area contributed by atoms with Crippen LogP contribution in [0.15, 0.2) is 54.6 Å². The van der Waals surface area contributed by atoms with Gasteiger partial charge >= 0.3 is 0 Å². The number of hydrogen-bond acceptors (Lipinski definition) is 4. The SMILES string of the molecule is CC(=O)N(CC(=O)N1CCN(C=O)CC1)c1ccc(Oc2ccccc2)cc1. The molecule has 1 heterocycles. The first kappa shape index (κ1) is 19.4. The van der Waals surface area contributed by atoms with Gasteiger partial charge in [-0.3, -0.25) is 14.4 Å². The number of carbonyl (C=O) groups excluding carboxylic acids is 3. The van der Waals surface area contributed by atoms with Crippen LogP contribution in [0.25, 0.3) is 0 Å². The molecule has 0 aliphatic carbocycles. The van der Waals surface area contributed by atoms with E-state index in [1.165, 1.54) is 11.8 Å². The van der Waals surface area contributed by atoms with Gasteiger partial charge in [-0.05, 0) is 36.4 Å². The molecule has 1 fully saturated rings. The van der Waals surface area contributed by atoms with Crippen LogP contribution in [0.2, 0.25) is 0 Å². The zero-order valence-corrected chi connectivity index (χ0v) is 15.8. The molecule has 3 amide bonds. The number of anilines is 1. The predicted molar refractivity (Wildman–Crippen MR) is 105 cm³/mol. The Balaban J connectivity index is 1.64. The lowest BCUT2D eigenvalue weighted by Crippen LogP contribution is -2.51. The lowest BCUT2D eigenvalue weighted by atomic mass is 10.2. The summed E-state index contributed by atoms with van der Waals surface area (Å²) < 4.78 is 5.76. The number of amides is 3. The molecule has 0 saturated carbocycles. The molecule has 0 bridgehead atoms. The summed E-state index contributed by atoms with van der Waals surface area (Å²) in [6, 6.07) is 16.5. The molecule has 0 radical (unpaired) electrons. The first-order chi connectivity index (χ1) is 13.6. The quantitative estimate of drug-likeness (QED) is 0.719. The van der Waals surface area contributed by atoms with Crippen LogP contribution in [0.5, 0.6) is 11.5 Å². The van der Waals surface area contributed by atoms with Gasteiger partial charge in [0.15, 0.2) is 0 Å². The zero-order chi connectivity index (χ0) is 19.9. The monoisotopic (exact) mass is 381 g/mol. The fourth-order valence-corrected chi connectivity index (χ4v) is 3.02. The molecule has 3 rings (SSSR count). The van der Waals surface area contributed by atoms with Crippen LogP contribution in [0.1, 0.15) is 6.92 Å². The van der Waals surface area contributed by atoms with Crippen molar-refractivity contribution in [2.75, 3.05) is 37.6 Å². The van der Waals surface area contributed by atoms with Crippen LogP contribution < -0.4 is 9.64 Å². The molecule has 2 aromatic carbocycles. The highest BCUT2D eigenvalue weighted by Gasteiger charge is 2.23. The molecule has 7 nitrogen and oxygen atoms in total. The zero-order valence-electron chi connectivity index (χ0n) is 15.8. The fourth-order valence-electron chi connectivity index (χ4n) is 3.02. The van der Waals surface area contributed by atoms with Crippen molar-refractivity contribution in [2.45, 2.75) is 6.92 Å². The van der Waals surface area contributed by atoms with E-state index in [4.69, 9.17) is 4.74 Å². The number of para-hydroxylation sites is 1. The lowest BCUT2D eigenvalue weighted by Gasteiger charge is -2.34. The first-order valence-electron chi connectivity index (χ1n) is 9.15. The van der Waals surface area contributed by atoms with Gasteiger partial charge in [-0.2, -0.15) is 0 Å². The molecular weight excluding hydrogens is 358 g/mol. The van der Waals surface area contributed by atoms with Gasteiger partial charge in [-0.25, -0.2) is 0 Å². The van der Waals surface area contributed by atoms with Gasteiger partial charge in [0.25, 0.3) is 0 Å². The number of nitrogens with zero attached hydrogens (tertiary/aromatic N) is 3. The molecular formula is C21H23N3O4. The maximum atomic E-state index is 12.6. The molecule has 0 aromatic heterocycles. The normalized spacial score (nSPS) is 13.8. The third-order valence-corrected chi connectivity index (χ3v) is 4.62. The molecule has 1 aliphatic rings.